The number of nitrogens with one attached hydrogen (secondary N) is 2. The summed E-state index contributed by atoms with van der Waals surface area (Å²) in [4.78, 5) is 38.4. The van der Waals surface area contributed by atoms with Crippen molar-refractivity contribution in [2.75, 3.05) is 24.7 Å². The predicted octanol–water partition coefficient (Wildman–Crippen LogP) is 3.37. The lowest BCUT2D eigenvalue weighted by atomic mass is 9.91. The number of phenolic OH excluding ortho intramolecular Hbond substituents is 1. The second-order valence-electron chi connectivity index (χ2n) is 8.80. The third-order valence-electron chi connectivity index (χ3n) is 6.18. The molecule has 4 rings (SSSR count). The van der Waals surface area contributed by atoms with Crippen molar-refractivity contribution < 1.29 is 14.6 Å². The fourth-order valence-electron chi connectivity index (χ4n) is 4.27. The summed E-state index contributed by atoms with van der Waals surface area (Å²) in [5.74, 6) is -0.646. The van der Waals surface area contributed by atoms with Crippen LogP contribution in [0.5, 0.6) is 5.75 Å². The number of aromatic hydroxyl groups is 1. The largest absolute Gasteiger partial charge is 0.505 e. The molecule has 3 aromatic carbocycles. The Labute approximate surface area is 197 Å². The van der Waals surface area contributed by atoms with Gasteiger partial charge in [0.15, 0.2) is 5.75 Å². The van der Waals surface area contributed by atoms with Crippen molar-refractivity contribution in [1.29, 1.82) is 0 Å². The molecule has 1 saturated carbocycles. The SMILES string of the molecule is CN(C)C(=O)c1cccc(Nc2c(NC3CCCC[C@H]3OCc3ccccc3)c(=O)c2=O)c1O. The number of hydrogen-bond acceptors (Lipinski definition) is 7. The molecule has 1 fully saturated rings. The first-order valence-electron chi connectivity index (χ1n) is 11.4. The Hall–Kier alpha value is -3.65. The van der Waals surface area contributed by atoms with Crippen molar-refractivity contribution in [3.8, 4) is 5.75 Å². The molecule has 3 aromatic rings. The Bertz CT molecular complexity index is 1230. The van der Waals surface area contributed by atoms with Crippen LogP contribution in [0.2, 0.25) is 0 Å². The Morgan fingerprint density at radius 1 is 1.00 bits per heavy atom. The molecule has 0 spiro atoms. The molecule has 1 aliphatic rings. The van der Waals surface area contributed by atoms with Gasteiger partial charge in [-0.15, -0.1) is 0 Å². The van der Waals surface area contributed by atoms with Crippen molar-refractivity contribution in [3.05, 3.63) is 80.1 Å². The molecule has 1 unspecified atom stereocenters. The number of phenols is 1. The highest BCUT2D eigenvalue weighted by Crippen LogP contribution is 2.33. The van der Waals surface area contributed by atoms with Crippen LogP contribution >= 0.6 is 0 Å². The van der Waals surface area contributed by atoms with Crippen molar-refractivity contribution in [2.24, 2.45) is 0 Å². The number of anilines is 3. The average molecular weight is 464 g/mol. The Morgan fingerprint density at radius 2 is 1.71 bits per heavy atom. The summed E-state index contributed by atoms with van der Waals surface area (Å²) < 4.78 is 6.17. The first kappa shape index (κ1) is 23.5. The lowest BCUT2D eigenvalue weighted by molar-refractivity contribution is 0.00881. The molecule has 0 saturated heterocycles. The third kappa shape index (κ3) is 4.82. The molecule has 2 atom stereocenters. The van der Waals surface area contributed by atoms with E-state index >= 15 is 0 Å². The van der Waals surface area contributed by atoms with Gasteiger partial charge >= 0.3 is 0 Å². The quantitative estimate of drug-likeness (QED) is 0.347. The summed E-state index contributed by atoms with van der Waals surface area (Å²) in [5, 5.41) is 16.7. The van der Waals surface area contributed by atoms with E-state index in [1.807, 2.05) is 30.3 Å². The van der Waals surface area contributed by atoms with Gasteiger partial charge in [-0.1, -0.05) is 49.2 Å². The van der Waals surface area contributed by atoms with Crippen molar-refractivity contribution in [3.63, 3.8) is 0 Å². The molecule has 0 radical (unpaired) electrons. The van der Waals surface area contributed by atoms with Crippen LogP contribution < -0.4 is 21.5 Å². The Morgan fingerprint density at radius 3 is 2.44 bits per heavy atom. The molecule has 0 aromatic heterocycles. The van der Waals surface area contributed by atoms with Crippen LogP contribution in [0.25, 0.3) is 0 Å². The van der Waals surface area contributed by atoms with E-state index in [0.29, 0.717) is 6.61 Å². The van der Waals surface area contributed by atoms with E-state index in [4.69, 9.17) is 4.74 Å². The molecule has 178 valence electrons. The molecule has 0 aliphatic heterocycles. The van der Waals surface area contributed by atoms with Gasteiger partial charge in [-0.25, -0.2) is 0 Å². The van der Waals surface area contributed by atoms with Crippen LogP contribution in [-0.4, -0.2) is 42.2 Å². The molecular formula is C26H29N3O5. The van der Waals surface area contributed by atoms with Gasteiger partial charge < -0.3 is 25.4 Å². The van der Waals surface area contributed by atoms with Gasteiger partial charge in [-0.05, 0) is 30.5 Å². The molecule has 3 N–H and O–H groups in total. The van der Waals surface area contributed by atoms with Gasteiger partial charge in [-0.3, -0.25) is 14.4 Å². The van der Waals surface area contributed by atoms with Crippen LogP contribution in [0.4, 0.5) is 17.1 Å². The zero-order valence-electron chi connectivity index (χ0n) is 19.3. The van der Waals surface area contributed by atoms with Gasteiger partial charge in [-0.2, -0.15) is 0 Å². The highest BCUT2D eigenvalue weighted by Gasteiger charge is 2.31. The normalized spacial score (nSPS) is 17.9. The number of carbonyl (C=O) groups is 1. The molecule has 8 nitrogen and oxygen atoms in total. The molecular weight excluding hydrogens is 434 g/mol. The van der Waals surface area contributed by atoms with Gasteiger partial charge in [0, 0.05) is 14.1 Å². The van der Waals surface area contributed by atoms with Crippen LogP contribution in [0.1, 0.15) is 41.6 Å². The predicted molar refractivity (Wildman–Crippen MR) is 132 cm³/mol. The topological polar surface area (TPSA) is 108 Å². The minimum Gasteiger partial charge on any atom is -0.505 e. The molecule has 8 heteroatoms. The Balaban J connectivity index is 1.51. The lowest BCUT2D eigenvalue weighted by Gasteiger charge is -2.33. The number of amides is 1. The zero-order valence-corrected chi connectivity index (χ0v) is 19.3. The number of carbonyl (C=O) groups excluding carboxylic acids is 1. The summed E-state index contributed by atoms with van der Waals surface area (Å²) >= 11 is 0. The zero-order chi connectivity index (χ0) is 24.2. The summed E-state index contributed by atoms with van der Waals surface area (Å²) in [7, 11) is 3.17. The first-order valence-corrected chi connectivity index (χ1v) is 11.4. The first-order chi connectivity index (χ1) is 16.4. The second kappa shape index (κ2) is 10.1. The molecule has 0 heterocycles. The van der Waals surface area contributed by atoms with E-state index < -0.39 is 10.9 Å². The minimum atomic E-state index is -0.663. The van der Waals surface area contributed by atoms with E-state index in [9.17, 15) is 19.5 Å². The standard InChI is InChI=1S/C26H29N3O5/c1-29(2)26(33)17-11-8-13-19(23(17)30)28-22-21(24(31)25(22)32)27-18-12-6-7-14-20(18)34-15-16-9-4-3-5-10-16/h3-5,8-11,13,18,20,27-28,30H,6-7,12,14-15H2,1-2H3/t18?,20-/m1/s1. The lowest BCUT2D eigenvalue weighted by Crippen LogP contribution is -2.44. The van der Waals surface area contributed by atoms with Crippen molar-refractivity contribution in [1.82, 2.24) is 4.90 Å². The van der Waals surface area contributed by atoms with E-state index in [2.05, 4.69) is 10.6 Å². The van der Waals surface area contributed by atoms with Gasteiger partial charge in [0.1, 0.15) is 11.4 Å². The number of hydrogen-bond donors (Lipinski definition) is 3. The summed E-state index contributed by atoms with van der Waals surface area (Å²) in [6.07, 6.45) is 3.61. The summed E-state index contributed by atoms with van der Waals surface area (Å²) in [5.41, 5.74) is 0.369. The fourth-order valence-corrected chi connectivity index (χ4v) is 4.27. The molecule has 1 aliphatic carbocycles. The minimum absolute atomic E-state index is 0.0853. The summed E-state index contributed by atoms with van der Waals surface area (Å²) in [6, 6.07) is 14.4. The molecule has 34 heavy (non-hydrogen) atoms. The number of para-hydroxylation sites is 1. The van der Waals surface area contributed by atoms with Gasteiger partial charge in [0.25, 0.3) is 16.8 Å². The van der Waals surface area contributed by atoms with Crippen LogP contribution in [-0.2, 0) is 11.3 Å². The summed E-state index contributed by atoms with van der Waals surface area (Å²) in [6.45, 7) is 0.473. The Kier molecular flexibility index (Phi) is 6.98. The maximum atomic E-state index is 12.4. The van der Waals surface area contributed by atoms with E-state index in [-0.39, 0.29) is 46.4 Å². The molecule has 0 bridgehead atoms. The smallest absolute Gasteiger partial charge is 0.257 e. The fraction of sp³-hybridized carbons (Fsp3) is 0.346. The van der Waals surface area contributed by atoms with E-state index in [0.717, 1.165) is 31.2 Å². The third-order valence-corrected chi connectivity index (χ3v) is 6.18. The second-order valence-corrected chi connectivity index (χ2v) is 8.80. The van der Waals surface area contributed by atoms with Crippen molar-refractivity contribution in [2.45, 2.75) is 44.4 Å². The van der Waals surface area contributed by atoms with E-state index in [1.165, 1.54) is 11.0 Å². The number of rotatable bonds is 8. The van der Waals surface area contributed by atoms with Crippen LogP contribution in [0.3, 0.4) is 0 Å². The van der Waals surface area contributed by atoms with Crippen LogP contribution in [0, 0.1) is 0 Å². The number of benzene rings is 2. The van der Waals surface area contributed by atoms with Crippen molar-refractivity contribution >= 4 is 23.0 Å². The van der Waals surface area contributed by atoms with Gasteiger partial charge in [0.05, 0.1) is 30.0 Å². The highest BCUT2D eigenvalue weighted by atomic mass is 16.5. The maximum Gasteiger partial charge on any atom is 0.257 e. The van der Waals surface area contributed by atoms with E-state index in [1.54, 1.807) is 26.2 Å². The maximum absolute atomic E-state index is 12.4. The monoisotopic (exact) mass is 463 g/mol. The van der Waals surface area contributed by atoms with Crippen LogP contribution in [0.15, 0.2) is 58.1 Å². The number of ether oxygens (including phenoxy) is 1. The highest BCUT2D eigenvalue weighted by molar-refractivity contribution is 5.99. The van der Waals surface area contributed by atoms with Gasteiger partial charge in [0.2, 0.25) is 0 Å². The average Bonchev–Trinajstić information content (AvgIpc) is 2.86. The molecule has 1 amide bonds. The number of nitrogens with zero attached hydrogens (tertiary/aromatic N) is 1.